The molecule has 7 N–H and O–H groups in total. The molecule has 4 heterocycles. The van der Waals surface area contributed by atoms with Crippen molar-refractivity contribution in [3.05, 3.63) is 81.0 Å². The maximum atomic E-state index is 14.5. The predicted octanol–water partition coefficient (Wildman–Crippen LogP) is 3.12. The van der Waals surface area contributed by atoms with Gasteiger partial charge in [0.15, 0.2) is 0 Å². The zero-order chi connectivity index (χ0) is 41.4. The molecule has 1 aromatic heterocycles. The topological polar surface area (TPSA) is 206 Å². The first-order valence-corrected chi connectivity index (χ1v) is 23.0. The summed E-state index contributed by atoms with van der Waals surface area (Å²) in [7, 11) is -3.79. The lowest BCUT2D eigenvalue weighted by Gasteiger charge is -2.43. The van der Waals surface area contributed by atoms with Gasteiger partial charge in [-0.3, -0.25) is 24.8 Å². The van der Waals surface area contributed by atoms with Gasteiger partial charge in [-0.05, 0) is 118 Å². The highest BCUT2D eigenvalue weighted by molar-refractivity contribution is 9.11. The number of amides is 4. The number of pyridine rings is 1. The van der Waals surface area contributed by atoms with Gasteiger partial charge in [0.1, 0.15) is 18.1 Å². The van der Waals surface area contributed by atoms with E-state index in [2.05, 4.69) is 62.4 Å². The van der Waals surface area contributed by atoms with Crippen molar-refractivity contribution in [1.29, 1.82) is 0 Å². The number of carbonyl (C=O) groups excluding carboxylic acids is 3. The molecule has 2 saturated heterocycles. The van der Waals surface area contributed by atoms with Crippen LogP contribution in [0.4, 0.5) is 16.2 Å². The molecule has 19 heteroatoms. The number of likely N-dealkylation sites (tertiary alicyclic amines) is 1. The number of carbonyl (C=O) groups is 3. The molecular formula is C39H52Br2N10O6S. The molecular weight excluding hydrogens is 896 g/mol. The van der Waals surface area contributed by atoms with Crippen LogP contribution in [0.5, 0.6) is 5.75 Å². The number of urea groups is 1. The van der Waals surface area contributed by atoms with Crippen LogP contribution in [0, 0.1) is 0 Å². The first kappa shape index (κ1) is 43.7. The quantitative estimate of drug-likeness (QED) is 0.0910. The maximum absolute atomic E-state index is 14.5. The molecule has 314 valence electrons. The number of unbranched alkanes of at least 4 members (excludes halogenated alkanes) is 1. The van der Waals surface area contributed by atoms with Crippen LogP contribution in [-0.4, -0.2) is 128 Å². The number of fused-ring (bicyclic) bond motifs is 1. The van der Waals surface area contributed by atoms with Gasteiger partial charge in [0.2, 0.25) is 21.8 Å². The third-order valence-electron chi connectivity index (χ3n) is 10.9. The summed E-state index contributed by atoms with van der Waals surface area (Å²) >= 11 is 6.77. The van der Waals surface area contributed by atoms with Gasteiger partial charge in [-0.25, -0.2) is 13.2 Å². The van der Waals surface area contributed by atoms with Gasteiger partial charge in [-0.15, -0.1) is 0 Å². The summed E-state index contributed by atoms with van der Waals surface area (Å²) in [4.78, 5) is 53.6. The number of nitrogens with zero attached hydrogens (tertiary/aromatic N) is 5. The highest BCUT2D eigenvalue weighted by Crippen LogP contribution is 2.34. The molecule has 0 bridgehead atoms. The number of piperazine rings is 1. The third kappa shape index (κ3) is 11.5. The molecule has 3 atom stereocenters. The zero-order valence-corrected chi connectivity index (χ0v) is 36.4. The van der Waals surface area contributed by atoms with Crippen molar-refractivity contribution < 1.29 is 27.9 Å². The van der Waals surface area contributed by atoms with E-state index in [9.17, 15) is 27.9 Å². The summed E-state index contributed by atoms with van der Waals surface area (Å²) in [6, 6.07) is 12.8. The van der Waals surface area contributed by atoms with Crippen LogP contribution in [-0.2, 0) is 32.6 Å². The van der Waals surface area contributed by atoms with Crippen LogP contribution >= 0.6 is 31.9 Å². The van der Waals surface area contributed by atoms with E-state index in [1.54, 1.807) is 29.4 Å². The summed E-state index contributed by atoms with van der Waals surface area (Å²) in [5, 5.41) is 19.7. The van der Waals surface area contributed by atoms with E-state index in [1.807, 2.05) is 46.2 Å². The minimum atomic E-state index is -3.79. The van der Waals surface area contributed by atoms with Crippen LogP contribution in [0.3, 0.4) is 0 Å². The molecule has 1 unspecified atom stereocenters. The van der Waals surface area contributed by atoms with Crippen LogP contribution in [0.1, 0.15) is 43.2 Å². The van der Waals surface area contributed by atoms with E-state index in [-0.39, 0.29) is 30.2 Å². The maximum Gasteiger partial charge on any atom is 0.322 e. The highest BCUT2D eigenvalue weighted by Gasteiger charge is 2.37. The molecule has 58 heavy (non-hydrogen) atoms. The van der Waals surface area contributed by atoms with Gasteiger partial charge in [0.25, 0.3) is 0 Å². The second kappa shape index (κ2) is 19.9. The Morgan fingerprint density at radius 3 is 2.31 bits per heavy atom. The number of sulfonamides is 1. The van der Waals surface area contributed by atoms with Gasteiger partial charge in [-0.1, -0.05) is 18.2 Å². The van der Waals surface area contributed by atoms with Crippen molar-refractivity contribution in [3.63, 3.8) is 0 Å². The smallest absolute Gasteiger partial charge is 0.322 e. The Morgan fingerprint density at radius 2 is 1.66 bits per heavy atom. The molecule has 0 saturated carbocycles. The van der Waals surface area contributed by atoms with E-state index < -0.39 is 34.3 Å². The molecule has 0 radical (unpaired) electrons. The summed E-state index contributed by atoms with van der Waals surface area (Å²) in [6.07, 6.45) is 6.44. The minimum absolute atomic E-state index is 0.00216. The number of nitrogens with one attached hydrogen (secondary N) is 4. The molecule has 4 amide bonds. The minimum Gasteiger partial charge on any atom is -0.506 e. The van der Waals surface area contributed by atoms with E-state index >= 15 is 0 Å². The normalized spacial score (nSPS) is 18.3. The van der Waals surface area contributed by atoms with E-state index in [4.69, 9.17) is 5.73 Å². The van der Waals surface area contributed by atoms with E-state index in [0.717, 1.165) is 23.2 Å². The number of aromatic nitrogens is 1. The van der Waals surface area contributed by atoms with Crippen molar-refractivity contribution >= 4 is 71.1 Å². The lowest BCUT2D eigenvalue weighted by atomic mass is 10.0. The fraction of sp³-hybridized carbons (Fsp3) is 0.487. The number of hydrogen-bond donors (Lipinski definition) is 6. The van der Waals surface area contributed by atoms with Crippen molar-refractivity contribution in [1.82, 2.24) is 35.0 Å². The Labute approximate surface area is 356 Å². The van der Waals surface area contributed by atoms with Crippen LogP contribution in [0.25, 0.3) is 0 Å². The SMILES string of the molecule is CS(=O)(=O)NC(N[C@H](Cc1cc(Br)c(O)c(Br)c1)C(=O)N[C@@H](CCCCN)C(=O)N1CCN(c2ccncc2)CC1)N1CCC(N2Cc3ccccc3NC2=O)CC1. The van der Waals surface area contributed by atoms with Gasteiger partial charge in [0, 0.05) is 75.6 Å². The molecule has 16 nitrogen and oxygen atoms in total. The monoisotopic (exact) mass is 946 g/mol. The Hall–Kier alpha value is -3.85. The number of rotatable bonds is 16. The number of aromatic hydroxyl groups is 1. The third-order valence-corrected chi connectivity index (χ3v) is 12.7. The first-order valence-electron chi connectivity index (χ1n) is 19.5. The van der Waals surface area contributed by atoms with Gasteiger partial charge < -0.3 is 36.2 Å². The van der Waals surface area contributed by atoms with Crippen LogP contribution < -0.4 is 31.3 Å². The molecule has 2 fully saturated rings. The highest BCUT2D eigenvalue weighted by atomic mass is 79.9. The van der Waals surface area contributed by atoms with Crippen molar-refractivity contribution in [2.45, 2.75) is 69.5 Å². The number of benzene rings is 2. The largest absolute Gasteiger partial charge is 0.506 e. The standard InChI is InChI=1S/C39H52Br2N10O6S/c1-58(56,57)47-38(50-16-11-29(12-17-50)51-25-27-6-2-3-7-32(27)46-39(51)55)45-34(24-26-22-30(40)35(52)31(41)23-26)36(53)44-33(8-4-5-13-42)37(54)49-20-18-48(19-21-49)28-9-14-43-15-10-28/h2-3,6-7,9-10,14-15,22-23,29,33-34,38,45,47,52H,4-5,8,11-13,16-21,24-25,42H2,1H3,(H,44,53)(H,46,55)/t33-,34+,38?/m0/s1. The number of phenols is 1. The number of anilines is 2. The fourth-order valence-corrected chi connectivity index (χ4v) is 9.67. The molecule has 3 aromatic rings. The predicted molar refractivity (Wildman–Crippen MR) is 229 cm³/mol. The number of nitrogens with two attached hydrogens (primary N) is 1. The first-order chi connectivity index (χ1) is 27.8. The number of halogens is 2. The molecule has 0 aliphatic carbocycles. The van der Waals surface area contributed by atoms with Gasteiger partial charge in [-0.2, -0.15) is 4.72 Å². The Bertz CT molecular complexity index is 1990. The van der Waals surface area contributed by atoms with E-state index in [0.29, 0.717) is 99.0 Å². The lowest BCUT2D eigenvalue weighted by Crippen LogP contribution is -2.65. The number of phenolic OH excluding ortho intramolecular Hbond substituents is 1. The van der Waals surface area contributed by atoms with Crippen molar-refractivity contribution in [2.24, 2.45) is 5.73 Å². The summed E-state index contributed by atoms with van der Waals surface area (Å²) in [5.74, 6) is -0.677. The average Bonchev–Trinajstić information content (AvgIpc) is 3.21. The Kier molecular flexibility index (Phi) is 15.0. The van der Waals surface area contributed by atoms with E-state index in [1.165, 1.54) is 0 Å². The number of hydrogen-bond acceptors (Lipinski definition) is 11. The molecule has 6 rings (SSSR count). The molecule has 3 aliphatic heterocycles. The Balaban J connectivity index is 1.20. The van der Waals surface area contributed by atoms with Crippen molar-refractivity contribution in [3.8, 4) is 5.75 Å². The van der Waals surface area contributed by atoms with Gasteiger partial charge in [0.05, 0.1) is 21.2 Å². The number of para-hydroxylation sites is 1. The molecule has 0 spiro atoms. The van der Waals surface area contributed by atoms with Crippen molar-refractivity contribution in [2.75, 3.05) is 62.3 Å². The van der Waals surface area contributed by atoms with Crippen LogP contribution in [0.15, 0.2) is 69.9 Å². The number of piperidine rings is 1. The lowest BCUT2D eigenvalue weighted by molar-refractivity contribution is -0.137. The second-order valence-corrected chi connectivity index (χ2v) is 18.5. The summed E-state index contributed by atoms with van der Waals surface area (Å²) in [5.41, 5.74) is 9.33. The average molecular weight is 949 g/mol. The molecule has 3 aliphatic rings. The van der Waals surface area contributed by atoms with Crippen LogP contribution in [0.2, 0.25) is 0 Å². The molecule has 2 aromatic carbocycles. The Morgan fingerprint density at radius 1 is 0.983 bits per heavy atom. The summed E-state index contributed by atoms with van der Waals surface area (Å²) in [6.45, 7) is 3.96. The zero-order valence-electron chi connectivity index (χ0n) is 32.4. The fourth-order valence-electron chi connectivity index (χ4n) is 7.76. The second-order valence-electron chi connectivity index (χ2n) is 15.0. The van der Waals surface area contributed by atoms with Gasteiger partial charge >= 0.3 is 6.03 Å². The summed E-state index contributed by atoms with van der Waals surface area (Å²) < 4.78 is 29.2.